The monoisotopic (exact) mass is 309 g/mol. The second kappa shape index (κ2) is 4.85. The summed E-state index contributed by atoms with van der Waals surface area (Å²) in [6, 6.07) is 11.8. The maximum absolute atomic E-state index is 6.02. The van der Waals surface area contributed by atoms with E-state index < -0.39 is 0 Å². The van der Waals surface area contributed by atoms with Crippen LogP contribution in [-0.2, 0) is 0 Å². The molecule has 0 spiro atoms. The Morgan fingerprint density at radius 3 is 2.68 bits per heavy atom. The van der Waals surface area contributed by atoms with Crippen LogP contribution >= 0.6 is 11.5 Å². The molecule has 3 aromatic heterocycles. The van der Waals surface area contributed by atoms with Crippen LogP contribution in [0.15, 0.2) is 36.4 Å². The number of nitrogens with zero attached hydrogens (tertiary/aromatic N) is 6. The van der Waals surface area contributed by atoms with Gasteiger partial charge in [-0.2, -0.15) is 14.6 Å². The fourth-order valence-electron chi connectivity index (χ4n) is 2.20. The highest BCUT2D eigenvalue weighted by Gasteiger charge is 2.14. The highest BCUT2D eigenvalue weighted by Crippen LogP contribution is 2.25. The number of anilines is 1. The van der Waals surface area contributed by atoms with Gasteiger partial charge < -0.3 is 5.73 Å². The van der Waals surface area contributed by atoms with Gasteiger partial charge in [-0.25, -0.2) is 4.98 Å². The zero-order valence-corrected chi connectivity index (χ0v) is 12.4. The molecule has 0 radical (unpaired) electrons. The van der Waals surface area contributed by atoms with E-state index in [0.717, 1.165) is 21.8 Å². The highest BCUT2D eigenvalue weighted by atomic mass is 32.1. The van der Waals surface area contributed by atoms with E-state index in [0.29, 0.717) is 11.5 Å². The summed E-state index contributed by atoms with van der Waals surface area (Å²) in [5.74, 6) is 0.812. The Morgan fingerprint density at radius 1 is 1.14 bits per heavy atom. The Hall–Kier alpha value is -2.87. The minimum Gasteiger partial charge on any atom is -0.368 e. The van der Waals surface area contributed by atoms with Gasteiger partial charge in [-0.3, -0.25) is 0 Å². The molecule has 0 aliphatic rings. The number of aromatic nitrogens is 6. The fourth-order valence-corrected chi connectivity index (χ4v) is 2.79. The number of nitrogen functional groups attached to an aromatic ring is 1. The highest BCUT2D eigenvalue weighted by molar-refractivity contribution is 7.09. The third kappa shape index (κ3) is 2.01. The van der Waals surface area contributed by atoms with Crippen LogP contribution in [0.1, 0.15) is 5.69 Å². The Kier molecular flexibility index (Phi) is 2.83. The number of nitrogens with two attached hydrogens (primary N) is 1. The first kappa shape index (κ1) is 12.8. The average molecular weight is 309 g/mol. The van der Waals surface area contributed by atoms with Crippen LogP contribution in [-0.4, -0.2) is 29.2 Å². The molecule has 108 valence electrons. The smallest absolute Gasteiger partial charge is 0.225 e. The lowest BCUT2D eigenvalue weighted by Crippen LogP contribution is -2.05. The molecule has 0 bridgehead atoms. The summed E-state index contributed by atoms with van der Waals surface area (Å²) in [7, 11) is 0. The molecule has 8 heteroatoms. The largest absolute Gasteiger partial charge is 0.368 e. The lowest BCUT2D eigenvalue weighted by atomic mass is 10.2. The topological polar surface area (TPSA) is 94.9 Å². The van der Waals surface area contributed by atoms with Crippen molar-refractivity contribution in [3.8, 4) is 22.0 Å². The van der Waals surface area contributed by atoms with Crippen LogP contribution in [0.2, 0.25) is 0 Å². The maximum atomic E-state index is 6.02. The van der Waals surface area contributed by atoms with E-state index >= 15 is 0 Å². The summed E-state index contributed by atoms with van der Waals surface area (Å²) in [6.45, 7) is 1.87. The lowest BCUT2D eigenvalue weighted by molar-refractivity contribution is 0.916. The van der Waals surface area contributed by atoms with Gasteiger partial charge >= 0.3 is 0 Å². The van der Waals surface area contributed by atoms with Gasteiger partial charge in [0.05, 0.1) is 11.4 Å². The normalized spacial score (nSPS) is 11.1. The molecule has 22 heavy (non-hydrogen) atoms. The third-order valence-corrected chi connectivity index (χ3v) is 4.10. The van der Waals surface area contributed by atoms with E-state index in [-0.39, 0.29) is 5.95 Å². The van der Waals surface area contributed by atoms with E-state index in [4.69, 9.17) is 5.73 Å². The summed E-state index contributed by atoms with van der Waals surface area (Å²) in [5.41, 5.74) is 9.26. The molecule has 7 nitrogen and oxygen atoms in total. The van der Waals surface area contributed by atoms with Crippen molar-refractivity contribution in [3.63, 3.8) is 0 Å². The van der Waals surface area contributed by atoms with Gasteiger partial charge in [0.1, 0.15) is 4.88 Å². The molecule has 0 saturated heterocycles. The Morgan fingerprint density at radius 2 is 1.95 bits per heavy atom. The molecule has 3 heterocycles. The number of rotatable bonds is 2. The molecule has 0 atom stereocenters. The Bertz CT molecular complexity index is 958. The minimum atomic E-state index is 0.287. The van der Waals surface area contributed by atoms with Crippen molar-refractivity contribution < 1.29 is 0 Å². The molecule has 4 aromatic rings. The first-order valence-electron chi connectivity index (χ1n) is 6.60. The second-order valence-electron chi connectivity index (χ2n) is 4.76. The van der Waals surface area contributed by atoms with Gasteiger partial charge in [-0.15, -0.1) is 5.10 Å². The van der Waals surface area contributed by atoms with Crippen LogP contribution in [0.5, 0.6) is 0 Å². The summed E-state index contributed by atoms with van der Waals surface area (Å²) < 4.78 is 5.45. The van der Waals surface area contributed by atoms with Crippen LogP contribution in [0.4, 0.5) is 5.95 Å². The molecule has 0 aliphatic carbocycles. The number of fused-ring (bicyclic) bond motifs is 1. The van der Waals surface area contributed by atoms with E-state index in [1.165, 1.54) is 16.0 Å². The molecule has 0 aliphatic heterocycles. The quantitative estimate of drug-likeness (QED) is 0.610. The minimum absolute atomic E-state index is 0.287. The zero-order chi connectivity index (χ0) is 15.1. The molecule has 0 saturated carbocycles. The molecule has 1 aromatic carbocycles. The molecule has 2 N–H and O–H groups in total. The second-order valence-corrected chi connectivity index (χ2v) is 5.51. The predicted molar refractivity (Wildman–Crippen MR) is 84.3 cm³/mol. The first-order chi connectivity index (χ1) is 10.7. The number of benzene rings is 1. The summed E-state index contributed by atoms with van der Waals surface area (Å²) >= 11 is 1.25. The Labute approximate surface area is 129 Å². The summed E-state index contributed by atoms with van der Waals surface area (Å²) in [5, 5.41) is 8.45. The Balaban J connectivity index is 1.90. The van der Waals surface area contributed by atoms with Crippen LogP contribution in [0, 0.1) is 6.92 Å². The fraction of sp³-hybridized carbons (Fsp3) is 0.0714. The molecular weight excluding hydrogens is 298 g/mol. The zero-order valence-electron chi connectivity index (χ0n) is 11.6. The van der Waals surface area contributed by atoms with Gasteiger partial charge in [-0.1, -0.05) is 34.8 Å². The molecule has 0 unspecified atom stereocenters. The van der Waals surface area contributed by atoms with Crippen molar-refractivity contribution in [2.45, 2.75) is 6.92 Å². The van der Waals surface area contributed by atoms with E-state index in [9.17, 15) is 0 Å². The van der Waals surface area contributed by atoms with E-state index in [2.05, 4.69) is 24.7 Å². The van der Waals surface area contributed by atoms with Crippen molar-refractivity contribution in [3.05, 3.63) is 42.1 Å². The average Bonchev–Trinajstić information content (AvgIpc) is 3.14. The van der Waals surface area contributed by atoms with Crippen molar-refractivity contribution in [2.75, 3.05) is 5.73 Å². The van der Waals surface area contributed by atoms with Gasteiger partial charge in [-0.05, 0) is 18.5 Å². The van der Waals surface area contributed by atoms with E-state index in [1.54, 1.807) is 0 Å². The van der Waals surface area contributed by atoms with Crippen LogP contribution in [0.3, 0.4) is 0 Å². The van der Waals surface area contributed by atoms with Crippen LogP contribution < -0.4 is 5.73 Å². The van der Waals surface area contributed by atoms with Gasteiger partial charge in [0.2, 0.25) is 5.95 Å². The predicted octanol–water partition coefficient (Wildman–Crippen LogP) is 2.20. The SMILES string of the molecule is Cc1nnsc1-c1nc(N)n2nc(-c3ccccc3)cc2n1. The standard InChI is InChI=1S/C14H11N7S/c1-8-12(22-20-18-8)13-16-11-7-10(9-5-3-2-4-6-9)19-21(11)14(15)17-13/h2-7H,1H3,(H2,15,16,17). The van der Waals surface area contributed by atoms with Crippen molar-refractivity contribution in [1.29, 1.82) is 0 Å². The molecular formula is C14H11N7S. The number of hydrogen-bond donors (Lipinski definition) is 1. The number of hydrogen-bond acceptors (Lipinski definition) is 7. The maximum Gasteiger partial charge on any atom is 0.225 e. The third-order valence-electron chi connectivity index (χ3n) is 3.27. The van der Waals surface area contributed by atoms with Crippen molar-refractivity contribution in [2.24, 2.45) is 0 Å². The molecule has 0 amide bonds. The van der Waals surface area contributed by atoms with Crippen molar-refractivity contribution in [1.82, 2.24) is 29.2 Å². The lowest BCUT2D eigenvalue weighted by Gasteiger charge is -2.00. The van der Waals surface area contributed by atoms with Gasteiger partial charge in [0, 0.05) is 11.6 Å². The summed E-state index contributed by atoms with van der Waals surface area (Å²) in [6.07, 6.45) is 0. The van der Waals surface area contributed by atoms with Crippen molar-refractivity contribution >= 4 is 23.1 Å². The van der Waals surface area contributed by atoms with Gasteiger partial charge in [0.25, 0.3) is 0 Å². The van der Waals surface area contributed by atoms with E-state index in [1.807, 2.05) is 43.3 Å². The number of aryl methyl sites for hydroxylation is 1. The molecule has 4 rings (SSSR count). The van der Waals surface area contributed by atoms with Gasteiger partial charge in [0.15, 0.2) is 11.5 Å². The summed E-state index contributed by atoms with van der Waals surface area (Å²) in [4.78, 5) is 9.65. The first-order valence-corrected chi connectivity index (χ1v) is 7.38. The molecule has 0 fully saturated rings. The van der Waals surface area contributed by atoms with Crippen LogP contribution in [0.25, 0.3) is 27.6 Å².